The van der Waals surface area contributed by atoms with Gasteiger partial charge in [0.2, 0.25) is 5.91 Å². The average Bonchev–Trinajstić information content (AvgIpc) is 2.65. The van der Waals surface area contributed by atoms with Crippen molar-refractivity contribution >= 4 is 33.2 Å². The third kappa shape index (κ3) is 3.31. The van der Waals surface area contributed by atoms with Crippen molar-refractivity contribution in [1.29, 1.82) is 0 Å². The number of nitrogens with zero attached hydrogens (tertiary/aromatic N) is 1. The van der Waals surface area contributed by atoms with Gasteiger partial charge < -0.3 is 10.2 Å². The summed E-state index contributed by atoms with van der Waals surface area (Å²) in [5.74, 6) is 0.656. The molecule has 21 heavy (non-hydrogen) atoms. The summed E-state index contributed by atoms with van der Waals surface area (Å²) in [6.07, 6.45) is 0.955. The lowest BCUT2D eigenvalue weighted by molar-refractivity contribution is -0.116. The van der Waals surface area contributed by atoms with Crippen LogP contribution in [0.15, 0.2) is 58.2 Å². The predicted octanol–water partition coefficient (Wildman–Crippen LogP) is 3.96. The molecule has 1 amide bonds. The highest BCUT2D eigenvalue weighted by atomic mass is 79.9. The highest BCUT2D eigenvalue weighted by Crippen LogP contribution is 2.23. The first-order valence-electron chi connectivity index (χ1n) is 6.61. The van der Waals surface area contributed by atoms with Crippen LogP contribution in [0.4, 0.5) is 5.69 Å². The Balaban J connectivity index is 1.88. The van der Waals surface area contributed by atoms with Crippen molar-refractivity contribution in [3.8, 4) is 5.75 Å². The van der Waals surface area contributed by atoms with Crippen molar-refractivity contribution in [2.45, 2.75) is 12.8 Å². The molecule has 1 aliphatic heterocycles. The van der Waals surface area contributed by atoms with Crippen LogP contribution < -0.4 is 10.2 Å². The van der Waals surface area contributed by atoms with E-state index in [4.69, 9.17) is 4.84 Å². The molecule has 5 heteroatoms. The normalized spacial score (nSPS) is 16.0. The minimum atomic E-state index is -0.00343. The SMILES string of the molecule is O=C1CC/C(=N\Oc2ccc(Br)cc2)c2ccccc2N1. The molecule has 1 N–H and O–H groups in total. The first-order valence-corrected chi connectivity index (χ1v) is 7.40. The van der Waals surface area contributed by atoms with Gasteiger partial charge in [-0.15, -0.1) is 0 Å². The molecular weight excluding hydrogens is 332 g/mol. The molecule has 0 saturated heterocycles. The van der Waals surface area contributed by atoms with Crippen molar-refractivity contribution in [1.82, 2.24) is 0 Å². The number of carbonyl (C=O) groups is 1. The van der Waals surface area contributed by atoms with Crippen molar-refractivity contribution in [3.63, 3.8) is 0 Å². The van der Waals surface area contributed by atoms with Crippen LogP contribution in [0.3, 0.4) is 0 Å². The summed E-state index contributed by atoms with van der Waals surface area (Å²) < 4.78 is 0.983. The van der Waals surface area contributed by atoms with Gasteiger partial charge in [0.1, 0.15) is 0 Å². The molecule has 0 aliphatic carbocycles. The van der Waals surface area contributed by atoms with Crippen LogP contribution in [0.1, 0.15) is 18.4 Å². The molecule has 3 rings (SSSR count). The zero-order valence-electron chi connectivity index (χ0n) is 11.2. The number of fused-ring (bicyclic) bond motifs is 1. The van der Waals surface area contributed by atoms with E-state index in [2.05, 4.69) is 26.4 Å². The summed E-state index contributed by atoms with van der Waals surface area (Å²) in [6.45, 7) is 0. The van der Waals surface area contributed by atoms with Gasteiger partial charge in [-0.3, -0.25) is 4.79 Å². The summed E-state index contributed by atoms with van der Waals surface area (Å²) in [7, 11) is 0. The number of amides is 1. The summed E-state index contributed by atoms with van der Waals surface area (Å²) in [5, 5.41) is 7.10. The summed E-state index contributed by atoms with van der Waals surface area (Å²) >= 11 is 3.37. The first kappa shape index (κ1) is 13.8. The zero-order valence-corrected chi connectivity index (χ0v) is 12.8. The monoisotopic (exact) mass is 344 g/mol. The number of hydrogen-bond donors (Lipinski definition) is 1. The molecule has 0 aromatic heterocycles. The molecule has 1 heterocycles. The lowest BCUT2D eigenvalue weighted by atomic mass is 10.1. The Morgan fingerprint density at radius 1 is 1.05 bits per heavy atom. The van der Waals surface area contributed by atoms with Crippen LogP contribution in [-0.2, 0) is 4.79 Å². The Bertz CT molecular complexity index is 696. The fraction of sp³-hybridized carbons (Fsp3) is 0.125. The van der Waals surface area contributed by atoms with Gasteiger partial charge in [0.05, 0.1) is 5.71 Å². The Kier molecular flexibility index (Phi) is 4.01. The number of halogens is 1. The molecule has 2 aromatic carbocycles. The Hall–Kier alpha value is -2.14. The second-order valence-electron chi connectivity index (χ2n) is 4.68. The van der Waals surface area contributed by atoms with Crippen LogP contribution in [0.25, 0.3) is 0 Å². The van der Waals surface area contributed by atoms with E-state index in [0.29, 0.717) is 18.6 Å². The van der Waals surface area contributed by atoms with Crippen LogP contribution >= 0.6 is 15.9 Å². The number of benzene rings is 2. The van der Waals surface area contributed by atoms with Crippen LogP contribution in [0.5, 0.6) is 5.75 Å². The fourth-order valence-electron chi connectivity index (χ4n) is 2.12. The maximum atomic E-state index is 11.7. The third-order valence-electron chi connectivity index (χ3n) is 3.18. The topological polar surface area (TPSA) is 50.7 Å². The van der Waals surface area contributed by atoms with Gasteiger partial charge in [0.15, 0.2) is 5.75 Å². The minimum Gasteiger partial charge on any atom is -0.357 e. The van der Waals surface area contributed by atoms with Gasteiger partial charge in [0, 0.05) is 28.6 Å². The summed E-state index contributed by atoms with van der Waals surface area (Å²) in [4.78, 5) is 17.2. The van der Waals surface area contributed by atoms with Crippen LogP contribution in [0, 0.1) is 0 Å². The molecule has 1 aliphatic rings. The molecule has 0 unspecified atom stereocenters. The van der Waals surface area contributed by atoms with E-state index in [1.807, 2.05) is 48.5 Å². The smallest absolute Gasteiger partial charge is 0.224 e. The number of anilines is 1. The number of oxime groups is 1. The molecule has 0 atom stereocenters. The number of nitrogens with one attached hydrogen (secondary N) is 1. The fourth-order valence-corrected chi connectivity index (χ4v) is 2.39. The van der Waals surface area contributed by atoms with E-state index in [0.717, 1.165) is 21.4 Å². The average molecular weight is 345 g/mol. The molecule has 0 bridgehead atoms. The molecule has 4 nitrogen and oxygen atoms in total. The number of carbonyl (C=O) groups excluding carboxylic acids is 1. The van der Waals surface area contributed by atoms with Crippen LogP contribution in [0.2, 0.25) is 0 Å². The van der Waals surface area contributed by atoms with Gasteiger partial charge in [-0.05, 0) is 30.3 Å². The van der Waals surface area contributed by atoms with Crippen molar-refractivity contribution < 1.29 is 9.63 Å². The molecule has 0 radical (unpaired) electrons. The first-order chi connectivity index (χ1) is 10.2. The van der Waals surface area contributed by atoms with Crippen molar-refractivity contribution in [3.05, 3.63) is 58.6 Å². The Morgan fingerprint density at radius 3 is 2.62 bits per heavy atom. The number of rotatable bonds is 2. The van der Waals surface area contributed by atoms with Crippen molar-refractivity contribution in [2.24, 2.45) is 5.16 Å². The van der Waals surface area contributed by atoms with E-state index in [1.165, 1.54) is 0 Å². The van der Waals surface area contributed by atoms with E-state index < -0.39 is 0 Å². The predicted molar refractivity (Wildman–Crippen MR) is 85.6 cm³/mol. The van der Waals surface area contributed by atoms with Gasteiger partial charge in [-0.2, -0.15) is 0 Å². The standard InChI is InChI=1S/C16H13BrN2O2/c17-11-5-7-12(8-6-11)21-19-15-9-10-16(20)18-14-4-2-1-3-13(14)15/h1-8H,9-10H2,(H,18,20)/b19-15+. The van der Waals surface area contributed by atoms with Gasteiger partial charge >= 0.3 is 0 Å². The van der Waals surface area contributed by atoms with Crippen LogP contribution in [-0.4, -0.2) is 11.6 Å². The van der Waals surface area contributed by atoms with E-state index in [1.54, 1.807) is 0 Å². The molecule has 0 fully saturated rings. The van der Waals surface area contributed by atoms with Gasteiger partial charge in [0.25, 0.3) is 0 Å². The highest BCUT2D eigenvalue weighted by Gasteiger charge is 2.18. The Labute approximate surface area is 130 Å². The second kappa shape index (κ2) is 6.10. The Morgan fingerprint density at radius 2 is 1.81 bits per heavy atom. The van der Waals surface area contributed by atoms with E-state index in [9.17, 15) is 4.79 Å². The van der Waals surface area contributed by atoms with Gasteiger partial charge in [-0.1, -0.05) is 39.3 Å². The number of para-hydroxylation sites is 1. The molecule has 0 spiro atoms. The summed E-state index contributed by atoms with van der Waals surface area (Å²) in [5.41, 5.74) is 2.45. The largest absolute Gasteiger partial charge is 0.357 e. The van der Waals surface area contributed by atoms with E-state index in [-0.39, 0.29) is 5.91 Å². The zero-order chi connectivity index (χ0) is 14.7. The molecular formula is C16H13BrN2O2. The van der Waals surface area contributed by atoms with Crippen molar-refractivity contribution in [2.75, 3.05) is 5.32 Å². The molecule has 2 aromatic rings. The highest BCUT2D eigenvalue weighted by molar-refractivity contribution is 9.10. The quantitative estimate of drug-likeness (QED) is 0.838. The van der Waals surface area contributed by atoms with E-state index >= 15 is 0 Å². The third-order valence-corrected chi connectivity index (χ3v) is 3.70. The maximum Gasteiger partial charge on any atom is 0.224 e. The number of hydrogen-bond acceptors (Lipinski definition) is 3. The molecule has 106 valence electrons. The summed E-state index contributed by atoms with van der Waals surface area (Å²) in [6, 6.07) is 15.1. The lowest BCUT2D eigenvalue weighted by Gasteiger charge is -2.07. The second-order valence-corrected chi connectivity index (χ2v) is 5.59. The van der Waals surface area contributed by atoms with Gasteiger partial charge in [-0.25, -0.2) is 0 Å². The minimum absolute atomic E-state index is 0.00343. The molecule has 0 saturated carbocycles. The lowest BCUT2D eigenvalue weighted by Crippen LogP contribution is -2.08. The maximum absolute atomic E-state index is 11.7.